The van der Waals surface area contributed by atoms with Crippen LogP contribution in [0.5, 0.6) is 0 Å². The topological polar surface area (TPSA) is 88.1 Å². The highest BCUT2D eigenvalue weighted by Crippen LogP contribution is 2.37. The minimum atomic E-state index is -0.416. The van der Waals surface area contributed by atoms with E-state index in [-0.39, 0.29) is 17.7 Å². The lowest BCUT2D eigenvalue weighted by Gasteiger charge is -2.31. The molecule has 2 heterocycles. The summed E-state index contributed by atoms with van der Waals surface area (Å²) in [6.45, 7) is 1.15. The Hall–Kier alpha value is -1.90. The second-order valence-corrected chi connectivity index (χ2v) is 5.47. The van der Waals surface area contributed by atoms with Crippen LogP contribution in [-0.2, 0) is 9.59 Å². The molecule has 0 aromatic rings. The summed E-state index contributed by atoms with van der Waals surface area (Å²) < 4.78 is 0. The standard InChI is InChI=1S/C14H20N4O2/c1-2-3-7-14(16-17-14)8-6-12(19)18-9-4-5-11(10-18)13(15)20/h1,11H,3-10H2,(H2,15,20). The van der Waals surface area contributed by atoms with Gasteiger partial charge in [-0.1, -0.05) is 0 Å². The summed E-state index contributed by atoms with van der Waals surface area (Å²) in [5, 5.41) is 8.03. The first-order chi connectivity index (χ1) is 9.56. The summed E-state index contributed by atoms with van der Waals surface area (Å²) in [7, 11) is 0. The quantitative estimate of drug-likeness (QED) is 0.735. The van der Waals surface area contributed by atoms with Gasteiger partial charge in [-0.3, -0.25) is 9.59 Å². The number of nitrogens with two attached hydrogens (primary N) is 1. The molecule has 0 saturated carbocycles. The number of hydrogen-bond acceptors (Lipinski definition) is 4. The molecule has 1 fully saturated rings. The van der Waals surface area contributed by atoms with Crippen LogP contribution in [0.3, 0.4) is 0 Å². The molecule has 2 amide bonds. The lowest BCUT2D eigenvalue weighted by Crippen LogP contribution is -2.44. The number of terminal acetylenes is 1. The summed E-state index contributed by atoms with van der Waals surface area (Å²) >= 11 is 0. The minimum Gasteiger partial charge on any atom is -0.369 e. The molecule has 0 spiro atoms. The van der Waals surface area contributed by atoms with Crippen LogP contribution in [0.25, 0.3) is 0 Å². The predicted molar refractivity (Wildman–Crippen MR) is 73.4 cm³/mol. The van der Waals surface area contributed by atoms with Crippen LogP contribution < -0.4 is 5.73 Å². The van der Waals surface area contributed by atoms with Crippen molar-refractivity contribution in [2.24, 2.45) is 21.9 Å². The second-order valence-electron chi connectivity index (χ2n) is 5.47. The van der Waals surface area contributed by atoms with Gasteiger partial charge in [0.25, 0.3) is 0 Å². The fourth-order valence-electron chi connectivity index (χ4n) is 2.57. The summed E-state index contributed by atoms with van der Waals surface area (Å²) in [4.78, 5) is 25.1. The number of likely N-dealkylation sites (tertiary alicyclic amines) is 1. The summed E-state index contributed by atoms with van der Waals surface area (Å²) in [5.41, 5.74) is 4.90. The van der Waals surface area contributed by atoms with Crippen LogP contribution in [0, 0.1) is 18.3 Å². The van der Waals surface area contributed by atoms with Gasteiger partial charge >= 0.3 is 0 Å². The molecule has 0 bridgehead atoms. The van der Waals surface area contributed by atoms with Gasteiger partial charge in [-0.25, -0.2) is 0 Å². The maximum atomic E-state index is 12.2. The van der Waals surface area contributed by atoms with E-state index in [4.69, 9.17) is 12.2 Å². The molecule has 6 heteroatoms. The SMILES string of the molecule is C#CCCC1(CCC(=O)N2CCCC(C(N)=O)C2)N=N1. The molecule has 20 heavy (non-hydrogen) atoms. The van der Waals surface area contributed by atoms with E-state index >= 15 is 0 Å². The number of rotatable bonds is 6. The van der Waals surface area contributed by atoms with Crippen LogP contribution in [0.4, 0.5) is 0 Å². The number of nitrogens with zero attached hydrogens (tertiary/aromatic N) is 3. The zero-order valence-corrected chi connectivity index (χ0v) is 11.5. The minimum absolute atomic E-state index is 0.0494. The van der Waals surface area contributed by atoms with Crippen LogP contribution in [-0.4, -0.2) is 35.5 Å². The van der Waals surface area contributed by atoms with Gasteiger partial charge in [-0.2, -0.15) is 10.2 Å². The third-order valence-electron chi connectivity index (χ3n) is 3.97. The van der Waals surface area contributed by atoms with Gasteiger partial charge in [-0.05, 0) is 12.8 Å². The number of amides is 2. The van der Waals surface area contributed by atoms with E-state index in [0.717, 1.165) is 12.8 Å². The molecule has 0 aliphatic carbocycles. The Kier molecular flexibility index (Phi) is 4.38. The first-order valence-electron chi connectivity index (χ1n) is 7.01. The van der Waals surface area contributed by atoms with Crippen LogP contribution >= 0.6 is 0 Å². The zero-order chi connectivity index (χ0) is 14.6. The Balaban J connectivity index is 1.77. The maximum absolute atomic E-state index is 12.2. The average Bonchev–Trinajstić information content (AvgIpc) is 3.23. The Morgan fingerprint density at radius 3 is 2.75 bits per heavy atom. The van der Waals surface area contributed by atoms with E-state index in [2.05, 4.69) is 16.1 Å². The second kappa shape index (κ2) is 6.04. The predicted octanol–water partition coefficient (Wildman–Crippen LogP) is 1.07. The molecule has 2 aliphatic rings. The lowest BCUT2D eigenvalue weighted by atomic mass is 9.96. The van der Waals surface area contributed by atoms with Gasteiger partial charge in [0.05, 0.1) is 5.92 Å². The van der Waals surface area contributed by atoms with Gasteiger partial charge in [-0.15, -0.1) is 12.3 Å². The van der Waals surface area contributed by atoms with E-state index in [0.29, 0.717) is 38.8 Å². The van der Waals surface area contributed by atoms with Crippen molar-refractivity contribution in [3.05, 3.63) is 0 Å². The molecule has 0 aromatic heterocycles. The van der Waals surface area contributed by atoms with Gasteiger partial charge in [0.2, 0.25) is 11.8 Å². The van der Waals surface area contributed by atoms with Crippen molar-refractivity contribution in [1.82, 2.24) is 4.90 Å². The largest absolute Gasteiger partial charge is 0.369 e. The molecule has 1 unspecified atom stereocenters. The number of primary amides is 1. The van der Waals surface area contributed by atoms with Gasteiger partial charge in [0.15, 0.2) is 5.66 Å². The Labute approximate surface area is 118 Å². The van der Waals surface area contributed by atoms with Crippen LogP contribution in [0.1, 0.15) is 38.5 Å². The van der Waals surface area contributed by atoms with Crippen molar-refractivity contribution in [2.45, 2.75) is 44.2 Å². The summed E-state index contributed by atoms with van der Waals surface area (Å²) in [6.07, 6.45) is 9.15. The first-order valence-corrected chi connectivity index (χ1v) is 7.01. The Bertz CT molecular complexity index is 460. The number of carbonyl (C=O) groups is 2. The third-order valence-corrected chi connectivity index (χ3v) is 3.97. The molecule has 108 valence electrons. The molecular formula is C14H20N4O2. The van der Waals surface area contributed by atoms with E-state index in [1.165, 1.54) is 0 Å². The van der Waals surface area contributed by atoms with Crippen molar-refractivity contribution in [3.63, 3.8) is 0 Å². The Morgan fingerprint density at radius 2 is 2.15 bits per heavy atom. The van der Waals surface area contributed by atoms with Crippen molar-refractivity contribution in [1.29, 1.82) is 0 Å². The lowest BCUT2D eigenvalue weighted by molar-refractivity contribution is -0.135. The molecule has 1 atom stereocenters. The van der Waals surface area contributed by atoms with Gasteiger partial charge < -0.3 is 10.6 Å². The number of hydrogen-bond donors (Lipinski definition) is 1. The normalized spacial score (nSPS) is 23.1. The molecule has 2 N–H and O–H groups in total. The monoisotopic (exact) mass is 276 g/mol. The van der Waals surface area contributed by atoms with E-state index < -0.39 is 5.66 Å². The van der Waals surface area contributed by atoms with Crippen LogP contribution in [0.2, 0.25) is 0 Å². The Morgan fingerprint density at radius 1 is 1.40 bits per heavy atom. The summed E-state index contributed by atoms with van der Waals surface area (Å²) in [5.74, 6) is 2.09. The third kappa shape index (κ3) is 3.56. The molecule has 1 saturated heterocycles. The van der Waals surface area contributed by atoms with E-state index in [1.807, 2.05) is 0 Å². The smallest absolute Gasteiger partial charge is 0.222 e. The highest BCUT2D eigenvalue weighted by Gasteiger charge is 2.40. The number of piperidine rings is 1. The van der Waals surface area contributed by atoms with Gasteiger partial charge in [0.1, 0.15) is 0 Å². The fraction of sp³-hybridized carbons (Fsp3) is 0.714. The molecule has 0 aromatic carbocycles. The highest BCUT2D eigenvalue weighted by atomic mass is 16.2. The van der Waals surface area contributed by atoms with Crippen LogP contribution in [0.15, 0.2) is 10.2 Å². The van der Waals surface area contributed by atoms with Crippen molar-refractivity contribution < 1.29 is 9.59 Å². The van der Waals surface area contributed by atoms with Gasteiger partial charge in [0, 0.05) is 38.8 Å². The molecule has 2 rings (SSSR count). The van der Waals surface area contributed by atoms with E-state index in [1.54, 1.807) is 4.90 Å². The highest BCUT2D eigenvalue weighted by molar-refractivity contribution is 5.80. The first kappa shape index (κ1) is 14.5. The maximum Gasteiger partial charge on any atom is 0.222 e. The average molecular weight is 276 g/mol. The molecule has 2 aliphatic heterocycles. The summed E-state index contributed by atoms with van der Waals surface area (Å²) in [6, 6.07) is 0. The van der Waals surface area contributed by atoms with Crippen molar-refractivity contribution >= 4 is 11.8 Å². The zero-order valence-electron chi connectivity index (χ0n) is 11.5. The molecular weight excluding hydrogens is 256 g/mol. The van der Waals surface area contributed by atoms with Crippen molar-refractivity contribution in [3.8, 4) is 12.3 Å². The van der Waals surface area contributed by atoms with Crippen molar-refractivity contribution in [2.75, 3.05) is 13.1 Å². The molecule has 6 nitrogen and oxygen atoms in total. The van der Waals surface area contributed by atoms with E-state index in [9.17, 15) is 9.59 Å². The number of carbonyl (C=O) groups excluding carboxylic acids is 2. The fourth-order valence-corrected chi connectivity index (χ4v) is 2.57. The molecule has 0 radical (unpaired) electrons.